The van der Waals surface area contributed by atoms with Crippen molar-refractivity contribution in [3.8, 4) is 11.3 Å². The molecule has 90 valence electrons. The summed E-state index contributed by atoms with van der Waals surface area (Å²) in [4.78, 5) is 4.36. The lowest BCUT2D eigenvalue weighted by Crippen LogP contribution is -2.06. The Hall–Kier alpha value is -1.48. The van der Waals surface area contributed by atoms with Crippen LogP contribution in [-0.4, -0.2) is 9.55 Å². The standard InChI is InChI=1S/C13H16ClN3/c1-9(2)7-17-8-16-12(13(17)15)10-4-3-5-11(14)6-10/h3-6,8-9H,7,15H2,1-2H3. The molecule has 3 nitrogen and oxygen atoms in total. The monoisotopic (exact) mass is 249 g/mol. The molecule has 17 heavy (non-hydrogen) atoms. The summed E-state index contributed by atoms with van der Waals surface area (Å²) in [5.74, 6) is 1.24. The Labute approximate surface area is 106 Å². The molecule has 4 heteroatoms. The minimum Gasteiger partial charge on any atom is -0.383 e. The van der Waals surface area contributed by atoms with Gasteiger partial charge in [-0.1, -0.05) is 37.6 Å². The highest BCUT2D eigenvalue weighted by Crippen LogP contribution is 2.26. The van der Waals surface area contributed by atoms with Gasteiger partial charge in [-0.05, 0) is 18.1 Å². The SMILES string of the molecule is CC(C)Cn1cnc(-c2cccc(Cl)c2)c1N. The first-order chi connectivity index (χ1) is 8.08. The van der Waals surface area contributed by atoms with Gasteiger partial charge in [0.25, 0.3) is 0 Å². The van der Waals surface area contributed by atoms with Crippen LogP contribution >= 0.6 is 11.6 Å². The van der Waals surface area contributed by atoms with E-state index >= 15 is 0 Å². The molecule has 0 spiro atoms. The highest BCUT2D eigenvalue weighted by molar-refractivity contribution is 6.30. The lowest BCUT2D eigenvalue weighted by atomic mass is 10.1. The van der Waals surface area contributed by atoms with Gasteiger partial charge in [0.1, 0.15) is 11.5 Å². The summed E-state index contributed by atoms with van der Waals surface area (Å²) in [6.45, 7) is 5.18. The van der Waals surface area contributed by atoms with Crippen LogP contribution in [0.15, 0.2) is 30.6 Å². The third kappa shape index (κ3) is 2.61. The van der Waals surface area contributed by atoms with Crippen LogP contribution in [0.4, 0.5) is 5.82 Å². The fourth-order valence-corrected chi connectivity index (χ4v) is 1.98. The van der Waals surface area contributed by atoms with E-state index in [4.69, 9.17) is 17.3 Å². The fourth-order valence-electron chi connectivity index (χ4n) is 1.79. The molecule has 0 fully saturated rings. The van der Waals surface area contributed by atoms with Crippen molar-refractivity contribution in [2.24, 2.45) is 5.92 Å². The molecule has 0 atom stereocenters. The zero-order chi connectivity index (χ0) is 12.4. The molecule has 2 aromatic rings. The maximum absolute atomic E-state index is 6.09. The van der Waals surface area contributed by atoms with Crippen LogP contribution in [0, 0.1) is 5.92 Å². The Morgan fingerprint density at radius 1 is 1.41 bits per heavy atom. The van der Waals surface area contributed by atoms with Crippen molar-refractivity contribution in [1.29, 1.82) is 0 Å². The zero-order valence-electron chi connectivity index (χ0n) is 10.0. The van der Waals surface area contributed by atoms with E-state index in [1.165, 1.54) is 0 Å². The lowest BCUT2D eigenvalue weighted by Gasteiger charge is -2.08. The van der Waals surface area contributed by atoms with Crippen molar-refractivity contribution < 1.29 is 0 Å². The van der Waals surface area contributed by atoms with Gasteiger partial charge in [-0.25, -0.2) is 4.98 Å². The van der Waals surface area contributed by atoms with E-state index in [-0.39, 0.29) is 0 Å². The van der Waals surface area contributed by atoms with Crippen molar-refractivity contribution in [2.75, 3.05) is 5.73 Å². The quantitative estimate of drug-likeness (QED) is 0.906. The van der Waals surface area contributed by atoms with E-state index in [1.54, 1.807) is 6.33 Å². The van der Waals surface area contributed by atoms with E-state index in [2.05, 4.69) is 18.8 Å². The molecule has 0 unspecified atom stereocenters. The van der Waals surface area contributed by atoms with Crippen molar-refractivity contribution in [1.82, 2.24) is 9.55 Å². The summed E-state index contributed by atoms with van der Waals surface area (Å²) in [6, 6.07) is 7.58. The zero-order valence-corrected chi connectivity index (χ0v) is 10.8. The third-order valence-electron chi connectivity index (χ3n) is 2.54. The smallest absolute Gasteiger partial charge is 0.131 e. The van der Waals surface area contributed by atoms with Crippen LogP contribution in [0.1, 0.15) is 13.8 Å². The van der Waals surface area contributed by atoms with E-state index in [9.17, 15) is 0 Å². The molecule has 0 aliphatic carbocycles. The number of aromatic nitrogens is 2. The number of nitrogens with two attached hydrogens (primary N) is 1. The number of nitrogens with zero attached hydrogens (tertiary/aromatic N) is 2. The Kier molecular flexibility index (Phi) is 3.38. The molecule has 1 aromatic carbocycles. The number of hydrogen-bond donors (Lipinski definition) is 1. The predicted octanol–water partition coefficient (Wildman–Crippen LogP) is 3.44. The second kappa shape index (κ2) is 4.80. The normalized spacial score (nSPS) is 11.1. The summed E-state index contributed by atoms with van der Waals surface area (Å²) in [5.41, 5.74) is 7.85. The van der Waals surface area contributed by atoms with Gasteiger partial charge in [0.2, 0.25) is 0 Å². The van der Waals surface area contributed by atoms with Crippen molar-refractivity contribution >= 4 is 17.4 Å². The van der Waals surface area contributed by atoms with Crippen LogP contribution in [0.25, 0.3) is 11.3 Å². The van der Waals surface area contributed by atoms with Gasteiger partial charge in [-0.3, -0.25) is 0 Å². The van der Waals surface area contributed by atoms with Crippen LogP contribution in [-0.2, 0) is 6.54 Å². The van der Waals surface area contributed by atoms with Gasteiger partial charge in [0.05, 0.1) is 6.33 Å². The van der Waals surface area contributed by atoms with Crippen LogP contribution < -0.4 is 5.73 Å². The van der Waals surface area contributed by atoms with E-state index in [0.29, 0.717) is 16.8 Å². The summed E-state index contributed by atoms with van der Waals surface area (Å²) in [7, 11) is 0. The van der Waals surface area contributed by atoms with E-state index < -0.39 is 0 Å². The van der Waals surface area contributed by atoms with Crippen molar-refractivity contribution in [2.45, 2.75) is 20.4 Å². The third-order valence-corrected chi connectivity index (χ3v) is 2.77. The average Bonchev–Trinajstić information content (AvgIpc) is 2.60. The molecule has 1 aromatic heterocycles. The summed E-state index contributed by atoms with van der Waals surface area (Å²) in [6.07, 6.45) is 1.78. The number of imidazole rings is 1. The summed E-state index contributed by atoms with van der Waals surface area (Å²) >= 11 is 5.96. The maximum Gasteiger partial charge on any atom is 0.131 e. The van der Waals surface area contributed by atoms with Crippen LogP contribution in [0.2, 0.25) is 5.02 Å². The molecular formula is C13H16ClN3. The van der Waals surface area contributed by atoms with Crippen LogP contribution in [0.3, 0.4) is 0 Å². The Morgan fingerprint density at radius 2 is 2.18 bits per heavy atom. The molecular weight excluding hydrogens is 234 g/mol. The number of rotatable bonds is 3. The fraction of sp³-hybridized carbons (Fsp3) is 0.308. The van der Waals surface area contributed by atoms with Crippen LogP contribution in [0.5, 0.6) is 0 Å². The summed E-state index contributed by atoms with van der Waals surface area (Å²) in [5, 5.41) is 0.695. The van der Waals surface area contributed by atoms with Gasteiger partial charge in [-0.2, -0.15) is 0 Å². The number of anilines is 1. The number of hydrogen-bond acceptors (Lipinski definition) is 2. The highest BCUT2D eigenvalue weighted by atomic mass is 35.5. The number of nitrogen functional groups attached to an aromatic ring is 1. The number of halogens is 1. The Bertz CT molecular complexity index is 517. The van der Waals surface area contributed by atoms with E-state index in [1.807, 2.05) is 28.8 Å². The first-order valence-corrected chi connectivity index (χ1v) is 6.02. The molecule has 0 radical (unpaired) electrons. The van der Waals surface area contributed by atoms with Gasteiger partial charge >= 0.3 is 0 Å². The van der Waals surface area contributed by atoms with E-state index in [0.717, 1.165) is 17.8 Å². The van der Waals surface area contributed by atoms with Gasteiger partial charge in [0.15, 0.2) is 0 Å². The van der Waals surface area contributed by atoms with Gasteiger partial charge in [-0.15, -0.1) is 0 Å². The second-order valence-corrected chi connectivity index (χ2v) is 4.97. The first kappa shape index (κ1) is 12.0. The molecule has 0 saturated heterocycles. The highest BCUT2D eigenvalue weighted by Gasteiger charge is 2.10. The maximum atomic E-state index is 6.09. The molecule has 0 saturated carbocycles. The number of benzene rings is 1. The molecule has 2 rings (SSSR count). The summed E-state index contributed by atoms with van der Waals surface area (Å²) < 4.78 is 1.97. The lowest BCUT2D eigenvalue weighted by molar-refractivity contribution is 0.527. The molecule has 0 aliphatic heterocycles. The molecule has 2 N–H and O–H groups in total. The Morgan fingerprint density at radius 3 is 2.82 bits per heavy atom. The topological polar surface area (TPSA) is 43.8 Å². The molecule has 1 heterocycles. The molecule has 0 aliphatic rings. The van der Waals surface area contributed by atoms with Crippen molar-refractivity contribution in [3.05, 3.63) is 35.6 Å². The minimum absolute atomic E-state index is 0.540. The second-order valence-electron chi connectivity index (χ2n) is 4.53. The Balaban J connectivity index is 2.37. The minimum atomic E-state index is 0.540. The first-order valence-electron chi connectivity index (χ1n) is 5.64. The van der Waals surface area contributed by atoms with Gasteiger partial charge < -0.3 is 10.3 Å². The predicted molar refractivity (Wildman–Crippen MR) is 71.9 cm³/mol. The van der Waals surface area contributed by atoms with Crippen molar-refractivity contribution in [3.63, 3.8) is 0 Å². The molecule has 0 bridgehead atoms. The van der Waals surface area contributed by atoms with Gasteiger partial charge in [0, 0.05) is 17.1 Å². The largest absolute Gasteiger partial charge is 0.383 e. The average molecular weight is 250 g/mol. The molecule has 0 amide bonds.